The highest BCUT2D eigenvalue weighted by Crippen LogP contribution is 2.30. The van der Waals surface area contributed by atoms with E-state index in [1.807, 2.05) is 38.1 Å². The molecule has 0 bridgehead atoms. The summed E-state index contributed by atoms with van der Waals surface area (Å²) in [5.41, 5.74) is 2.56. The molecule has 2 amide bonds. The molecule has 3 aromatic rings. The van der Waals surface area contributed by atoms with Gasteiger partial charge in [0.2, 0.25) is 0 Å². The molecule has 0 saturated heterocycles. The molecule has 0 aliphatic rings. The molecule has 3 rings (SSSR count). The van der Waals surface area contributed by atoms with Crippen LogP contribution in [0.15, 0.2) is 72.3 Å². The number of hydrogen-bond acceptors (Lipinski definition) is 5. The number of nitrogens with one attached hydrogen (secondary N) is 2. The van der Waals surface area contributed by atoms with Gasteiger partial charge in [-0.15, -0.1) is 0 Å². The average molecular weight is 490 g/mol. The molecule has 0 radical (unpaired) electrons. The zero-order chi connectivity index (χ0) is 25.2. The van der Waals surface area contributed by atoms with Gasteiger partial charge < -0.3 is 20.1 Å². The van der Waals surface area contributed by atoms with Gasteiger partial charge in [-0.1, -0.05) is 41.9 Å². The Morgan fingerprint density at radius 2 is 1.80 bits per heavy atom. The van der Waals surface area contributed by atoms with E-state index in [0.29, 0.717) is 40.1 Å². The molecule has 8 heteroatoms. The molecule has 0 aliphatic heterocycles. The largest absolute Gasteiger partial charge is 0.490 e. The first kappa shape index (κ1) is 25.3. The zero-order valence-corrected chi connectivity index (χ0v) is 20.1. The van der Waals surface area contributed by atoms with Crippen LogP contribution in [0.3, 0.4) is 0 Å². The monoisotopic (exact) mass is 489 g/mol. The maximum absolute atomic E-state index is 12.6. The molecule has 7 nitrogen and oxygen atoms in total. The highest BCUT2D eigenvalue weighted by molar-refractivity contribution is 6.34. The fourth-order valence-electron chi connectivity index (χ4n) is 3.13. The number of amides is 2. The summed E-state index contributed by atoms with van der Waals surface area (Å²) in [5, 5.41) is 15.3. The number of ether oxygens (including phenoxy) is 2. The molecule has 2 N–H and O–H groups in total. The van der Waals surface area contributed by atoms with Gasteiger partial charge in [-0.05, 0) is 67.4 Å². The summed E-state index contributed by atoms with van der Waals surface area (Å²) in [7, 11) is 0. The van der Waals surface area contributed by atoms with Crippen LogP contribution >= 0.6 is 11.6 Å². The Bertz CT molecular complexity index is 1300. The van der Waals surface area contributed by atoms with Gasteiger partial charge in [0.05, 0.1) is 17.3 Å². The van der Waals surface area contributed by atoms with E-state index >= 15 is 0 Å². The van der Waals surface area contributed by atoms with E-state index in [2.05, 4.69) is 10.6 Å². The Kier molecular flexibility index (Phi) is 8.88. The van der Waals surface area contributed by atoms with E-state index in [1.54, 1.807) is 48.5 Å². The summed E-state index contributed by atoms with van der Waals surface area (Å²) in [6, 6.07) is 21.0. The molecule has 0 unspecified atom stereocenters. The van der Waals surface area contributed by atoms with E-state index in [-0.39, 0.29) is 18.1 Å². The van der Waals surface area contributed by atoms with Crippen molar-refractivity contribution in [3.05, 3.63) is 88.5 Å². The van der Waals surface area contributed by atoms with Crippen molar-refractivity contribution in [1.29, 1.82) is 5.26 Å². The van der Waals surface area contributed by atoms with Crippen LogP contribution < -0.4 is 20.1 Å². The van der Waals surface area contributed by atoms with Crippen molar-refractivity contribution >= 4 is 40.9 Å². The Labute approximate surface area is 208 Å². The van der Waals surface area contributed by atoms with Crippen LogP contribution in [-0.4, -0.2) is 25.0 Å². The van der Waals surface area contributed by atoms with Crippen molar-refractivity contribution in [1.82, 2.24) is 0 Å². The standard InChI is InChI=1S/C27H24ClN3O4/c1-3-34-25-15-19(14-20(16-29)27(33)31-23-10-5-4-9-22(23)28)11-12-24(25)35-17-26(32)30-21-8-6-7-18(2)13-21/h4-15H,3,17H2,1-2H3,(H,30,32)(H,31,33)/b20-14+. The molecule has 0 spiro atoms. The van der Waals surface area contributed by atoms with E-state index in [1.165, 1.54) is 6.08 Å². The normalized spacial score (nSPS) is 10.7. The Morgan fingerprint density at radius 1 is 1.00 bits per heavy atom. The Morgan fingerprint density at radius 3 is 2.51 bits per heavy atom. The number of aryl methyl sites for hydroxylation is 1. The van der Waals surface area contributed by atoms with E-state index in [9.17, 15) is 14.9 Å². The predicted molar refractivity (Wildman–Crippen MR) is 137 cm³/mol. The van der Waals surface area contributed by atoms with Crippen LogP contribution in [0.4, 0.5) is 11.4 Å². The summed E-state index contributed by atoms with van der Waals surface area (Å²) < 4.78 is 11.3. The second kappa shape index (κ2) is 12.3. The summed E-state index contributed by atoms with van der Waals surface area (Å²) >= 11 is 6.08. The first-order valence-corrected chi connectivity index (χ1v) is 11.2. The number of halogens is 1. The number of rotatable bonds is 9. The number of carbonyl (C=O) groups is 2. The summed E-state index contributed by atoms with van der Waals surface area (Å²) in [5.74, 6) is -0.160. The summed E-state index contributed by atoms with van der Waals surface area (Å²) in [6.45, 7) is 3.90. The molecule has 0 atom stereocenters. The Balaban J connectivity index is 1.72. The minimum atomic E-state index is -0.591. The van der Waals surface area contributed by atoms with Crippen molar-refractivity contribution in [2.75, 3.05) is 23.8 Å². The van der Waals surface area contributed by atoms with Gasteiger partial charge in [-0.25, -0.2) is 0 Å². The number of nitrogens with zero attached hydrogens (tertiary/aromatic N) is 1. The van der Waals surface area contributed by atoms with Gasteiger partial charge in [0.1, 0.15) is 11.6 Å². The highest BCUT2D eigenvalue weighted by atomic mass is 35.5. The third-order valence-corrected chi connectivity index (χ3v) is 5.06. The second-order valence-corrected chi connectivity index (χ2v) is 7.86. The third kappa shape index (κ3) is 7.36. The fourth-order valence-corrected chi connectivity index (χ4v) is 3.32. The molecular weight excluding hydrogens is 466 g/mol. The zero-order valence-electron chi connectivity index (χ0n) is 19.3. The lowest BCUT2D eigenvalue weighted by molar-refractivity contribution is -0.118. The molecule has 0 heterocycles. The lowest BCUT2D eigenvalue weighted by Crippen LogP contribution is -2.20. The molecule has 0 aromatic heterocycles. The lowest BCUT2D eigenvalue weighted by Gasteiger charge is -2.13. The van der Waals surface area contributed by atoms with Crippen LogP contribution in [-0.2, 0) is 9.59 Å². The fraction of sp³-hybridized carbons (Fsp3) is 0.148. The maximum atomic E-state index is 12.6. The van der Waals surface area contributed by atoms with Crippen LogP contribution in [0.25, 0.3) is 6.08 Å². The number of carbonyl (C=O) groups excluding carboxylic acids is 2. The number of para-hydroxylation sites is 1. The van der Waals surface area contributed by atoms with Gasteiger partial charge in [-0.3, -0.25) is 9.59 Å². The minimum Gasteiger partial charge on any atom is -0.490 e. The summed E-state index contributed by atoms with van der Waals surface area (Å²) in [4.78, 5) is 24.9. The van der Waals surface area contributed by atoms with Crippen LogP contribution in [0.2, 0.25) is 5.02 Å². The first-order valence-electron chi connectivity index (χ1n) is 10.8. The highest BCUT2D eigenvalue weighted by Gasteiger charge is 2.13. The van der Waals surface area contributed by atoms with Crippen molar-refractivity contribution in [2.45, 2.75) is 13.8 Å². The topological polar surface area (TPSA) is 100 Å². The maximum Gasteiger partial charge on any atom is 0.266 e. The van der Waals surface area contributed by atoms with Gasteiger partial charge in [-0.2, -0.15) is 5.26 Å². The number of anilines is 2. The molecule has 3 aromatic carbocycles. The van der Waals surface area contributed by atoms with Crippen LogP contribution in [0.1, 0.15) is 18.1 Å². The number of hydrogen-bond donors (Lipinski definition) is 2. The van der Waals surface area contributed by atoms with Crippen molar-refractivity contribution in [3.63, 3.8) is 0 Å². The molecule has 0 fully saturated rings. The van der Waals surface area contributed by atoms with Gasteiger partial charge in [0.15, 0.2) is 18.1 Å². The smallest absolute Gasteiger partial charge is 0.266 e. The van der Waals surface area contributed by atoms with E-state index in [4.69, 9.17) is 21.1 Å². The van der Waals surface area contributed by atoms with Crippen molar-refractivity contribution < 1.29 is 19.1 Å². The lowest BCUT2D eigenvalue weighted by atomic mass is 10.1. The second-order valence-electron chi connectivity index (χ2n) is 7.45. The molecule has 0 aliphatic carbocycles. The quantitative estimate of drug-likeness (QED) is 0.300. The molecular formula is C27H24ClN3O4. The summed E-state index contributed by atoms with van der Waals surface area (Å²) in [6.07, 6.45) is 1.43. The van der Waals surface area contributed by atoms with E-state index in [0.717, 1.165) is 5.56 Å². The SMILES string of the molecule is CCOc1cc(/C=C(\C#N)C(=O)Nc2ccccc2Cl)ccc1OCC(=O)Nc1cccc(C)c1. The third-order valence-electron chi connectivity index (χ3n) is 4.73. The number of nitriles is 1. The minimum absolute atomic E-state index is 0.112. The molecule has 0 saturated carbocycles. The van der Waals surface area contributed by atoms with Crippen molar-refractivity contribution in [3.8, 4) is 17.6 Å². The van der Waals surface area contributed by atoms with Crippen molar-refractivity contribution in [2.24, 2.45) is 0 Å². The van der Waals surface area contributed by atoms with Crippen LogP contribution in [0, 0.1) is 18.3 Å². The molecule has 35 heavy (non-hydrogen) atoms. The Hall–Kier alpha value is -4.28. The first-order chi connectivity index (χ1) is 16.9. The number of benzene rings is 3. The predicted octanol–water partition coefficient (Wildman–Crippen LogP) is 5.61. The van der Waals surface area contributed by atoms with E-state index < -0.39 is 5.91 Å². The van der Waals surface area contributed by atoms with Gasteiger partial charge in [0.25, 0.3) is 11.8 Å². The van der Waals surface area contributed by atoms with Crippen LogP contribution in [0.5, 0.6) is 11.5 Å². The average Bonchev–Trinajstić information content (AvgIpc) is 2.83. The molecule has 178 valence electrons. The van der Waals surface area contributed by atoms with Gasteiger partial charge >= 0.3 is 0 Å². The van der Waals surface area contributed by atoms with Gasteiger partial charge in [0, 0.05) is 5.69 Å².